The second-order valence-electron chi connectivity index (χ2n) is 8.24. The van der Waals surface area contributed by atoms with Gasteiger partial charge in [0.05, 0.1) is 18.4 Å². The fraction of sp³-hybridized carbons (Fsp3) is 0.476. The lowest BCUT2D eigenvalue weighted by atomic mass is 10.0. The number of nitrogens with zero attached hydrogens (tertiary/aromatic N) is 3. The van der Waals surface area contributed by atoms with Crippen LogP contribution in [0.1, 0.15) is 35.2 Å². The van der Waals surface area contributed by atoms with E-state index in [-0.39, 0.29) is 35.1 Å². The molecule has 13 heteroatoms. The van der Waals surface area contributed by atoms with Gasteiger partial charge in [-0.1, -0.05) is 0 Å². The third-order valence-corrected chi connectivity index (χ3v) is 9.95. The molecule has 1 aromatic carbocycles. The lowest BCUT2D eigenvalue weighted by molar-refractivity contribution is 0.103. The maximum Gasteiger partial charge on any atom is 0.224 e. The number of carbonyl (C=O) groups is 1. The van der Waals surface area contributed by atoms with Gasteiger partial charge in [0.25, 0.3) is 0 Å². The Bertz CT molecular complexity index is 1170. The molecule has 3 N–H and O–H groups in total. The number of benzene rings is 1. The molecule has 9 nitrogen and oxygen atoms in total. The van der Waals surface area contributed by atoms with Gasteiger partial charge in [0, 0.05) is 31.2 Å². The van der Waals surface area contributed by atoms with Crippen molar-refractivity contribution in [2.24, 2.45) is 0 Å². The number of piperidine rings is 1. The molecule has 2 saturated heterocycles. The number of nitrogen functional groups attached to an aromatic ring is 1. The van der Waals surface area contributed by atoms with Crippen LogP contribution in [0.4, 0.5) is 20.5 Å². The van der Waals surface area contributed by atoms with E-state index in [1.165, 1.54) is 13.3 Å². The Morgan fingerprint density at radius 3 is 2.68 bits per heavy atom. The molecule has 2 fully saturated rings. The van der Waals surface area contributed by atoms with Crippen LogP contribution in [0.5, 0.6) is 5.75 Å². The summed E-state index contributed by atoms with van der Waals surface area (Å²) < 4.78 is 53.7. The van der Waals surface area contributed by atoms with Gasteiger partial charge >= 0.3 is 0 Å². The average Bonchev–Trinajstić information content (AvgIpc) is 3.54. The minimum absolute atomic E-state index is 0.00546. The van der Waals surface area contributed by atoms with Gasteiger partial charge in [-0.25, -0.2) is 18.1 Å². The average molecular weight is 518 g/mol. The monoisotopic (exact) mass is 517 g/mol. The van der Waals surface area contributed by atoms with E-state index in [0.717, 1.165) is 12.1 Å². The highest BCUT2D eigenvalue weighted by molar-refractivity contribution is 8.18. The van der Waals surface area contributed by atoms with Crippen LogP contribution < -0.4 is 15.8 Å². The Kier molecular flexibility index (Phi) is 6.78. The minimum Gasteiger partial charge on any atom is -0.496 e. The number of carbonyl (C=O) groups excluding carboxylic acids is 1. The van der Waals surface area contributed by atoms with E-state index in [4.69, 9.17) is 26.3 Å². The summed E-state index contributed by atoms with van der Waals surface area (Å²) in [5.41, 5.74) is 5.20. The molecule has 4 rings (SSSR count). The fourth-order valence-electron chi connectivity index (χ4n) is 4.09. The third kappa shape index (κ3) is 4.59. The predicted octanol–water partition coefficient (Wildman–Crippen LogP) is 2.72. The first-order valence-electron chi connectivity index (χ1n) is 10.7. The molecule has 0 spiro atoms. The highest BCUT2D eigenvalue weighted by Crippen LogP contribution is 2.47. The van der Waals surface area contributed by atoms with Gasteiger partial charge in [-0.05, 0) is 31.4 Å². The number of rotatable bonds is 9. The normalized spacial score (nSPS) is 20.8. The number of ketones is 1. The van der Waals surface area contributed by atoms with Crippen molar-refractivity contribution < 1.29 is 26.7 Å². The Balaban J connectivity index is 1.43. The maximum atomic E-state index is 14.3. The number of hydrogen-bond acceptors (Lipinski definition) is 8. The van der Waals surface area contributed by atoms with Crippen LogP contribution in [0, 0.1) is 11.6 Å². The third-order valence-electron chi connectivity index (χ3n) is 6.10. The van der Waals surface area contributed by atoms with Crippen LogP contribution in [0.2, 0.25) is 0 Å². The zero-order valence-corrected chi connectivity index (χ0v) is 20.1. The Morgan fingerprint density at radius 2 is 2.09 bits per heavy atom. The number of anilines is 2. The first kappa shape index (κ1) is 24.7. The summed E-state index contributed by atoms with van der Waals surface area (Å²) in [6.07, 6.45) is 3.15. The van der Waals surface area contributed by atoms with Gasteiger partial charge in [0.15, 0.2) is 17.6 Å². The molecule has 1 aromatic heterocycles. The summed E-state index contributed by atoms with van der Waals surface area (Å²) in [6, 6.07) is 2.02. The number of hydrogen-bond donors (Lipinski definition) is 2. The SMILES string of the molecule is COc1ccc(F)c(F)c1C(=O)c1cnc(NC2CCN(S3(=O)(CCCCl)CO3)CC2)nc1N. The first-order valence-corrected chi connectivity index (χ1v) is 13.5. The van der Waals surface area contributed by atoms with E-state index < -0.39 is 32.5 Å². The zero-order valence-electron chi connectivity index (χ0n) is 18.6. The first-order chi connectivity index (χ1) is 16.2. The van der Waals surface area contributed by atoms with Gasteiger partial charge < -0.3 is 15.8 Å². The van der Waals surface area contributed by atoms with E-state index in [1.807, 2.05) is 4.31 Å². The van der Waals surface area contributed by atoms with Gasteiger partial charge in [-0.3, -0.25) is 8.98 Å². The number of methoxy groups -OCH3 is 1. The summed E-state index contributed by atoms with van der Waals surface area (Å²) in [5, 5.41) is 3.17. The molecule has 2 aliphatic heterocycles. The Labute approximate surface area is 200 Å². The summed E-state index contributed by atoms with van der Waals surface area (Å²) in [4.78, 5) is 21.1. The van der Waals surface area contributed by atoms with Crippen molar-refractivity contribution in [3.05, 3.63) is 41.1 Å². The summed E-state index contributed by atoms with van der Waals surface area (Å²) in [7, 11) is -1.92. The molecule has 186 valence electrons. The molecule has 3 heterocycles. The molecule has 0 radical (unpaired) electrons. The van der Waals surface area contributed by atoms with Crippen molar-refractivity contribution >= 4 is 38.7 Å². The number of nitrogens with one attached hydrogen (secondary N) is 1. The summed E-state index contributed by atoms with van der Waals surface area (Å²) >= 11 is 5.77. The van der Waals surface area contributed by atoms with Crippen molar-refractivity contribution in [3.63, 3.8) is 0 Å². The lowest BCUT2D eigenvalue weighted by Crippen LogP contribution is -2.49. The number of ether oxygens (including phenoxy) is 1. The highest BCUT2D eigenvalue weighted by Gasteiger charge is 2.51. The van der Waals surface area contributed by atoms with E-state index >= 15 is 0 Å². The molecule has 0 atom stereocenters. The second-order valence-corrected chi connectivity index (χ2v) is 12.3. The van der Waals surface area contributed by atoms with Gasteiger partial charge in [0.2, 0.25) is 11.7 Å². The molecule has 0 amide bonds. The zero-order chi connectivity index (χ0) is 24.5. The van der Waals surface area contributed by atoms with Crippen molar-refractivity contribution in [2.75, 3.05) is 48.8 Å². The highest BCUT2D eigenvalue weighted by atomic mass is 35.5. The van der Waals surface area contributed by atoms with Crippen LogP contribution in [0.3, 0.4) is 0 Å². The molecule has 0 saturated carbocycles. The molecule has 34 heavy (non-hydrogen) atoms. The molecule has 0 bridgehead atoms. The standard InChI is InChI=1S/C21H26ClF2N5O4S/c1-32-16-4-3-15(23)18(24)17(16)19(30)14-11-26-21(28-20(14)25)27-13-5-8-29(9-6-13)34(31,12-33-34)10-2-7-22/h3-4,11,13H,2,5-10,12H2,1H3,(H3,25,26,27,28). The molecular formula is C21H26ClF2N5O4S. The van der Waals surface area contributed by atoms with Crippen molar-refractivity contribution in [2.45, 2.75) is 25.3 Å². The Hall–Kier alpha value is -2.41. The van der Waals surface area contributed by atoms with Crippen LogP contribution in [0.15, 0.2) is 18.3 Å². The van der Waals surface area contributed by atoms with E-state index in [9.17, 15) is 17.8 Å². The topological polar surface area (TPSA) is 123 Å². The lowest BCUT2D eigenvalue weighted by Gasteiger charge is -2.42. The predicted molar refractivity (Wildman–Crippen MR) is 125 cm³/mol. The molecule has 2 aliphatic rings. The maximum absolute atomic E-state index is 14.3. The van der Waals surface area contributed by atoms with Crippen LogP contribution in [0.25, 0.3) is 0 Å². The van der Waals surface area contributed by atoms with Crippen molar-refractivity contribution in [1.82, 2.24) is 14.3 Å². The molecule has 0 unspecified atom stereocenters. The summed E-state index contributed by atoms with van der Waals surface area (Å²) in [5.74, 6) is -2.36. The molecular weight excluding hydrogens is 492 g/mol. The smallest absolute Gasteiger partial charge is 0.224 e. The van der Waals surface area contributed by atoms with E-state index in [0.29, 0.717) is 44.0 Å². The van der Waals surface area contributed by atoms with Crippen molar-refractivity contribution in [3.8, 4) is 5.75 Å². The fourth-order valence-corrected chi connectivity index (χ4v) is 7.51. The Morgan fingerprint density at radius 1 is 1.38 bits per heavy atom. The van der Waals surface area contributed by atoms with E-state index in [1.54, 1.807) is 0 Å². The van der Waals surface area contributed by atoms with Gasteiger partial charge in [-0.15, -0.1) is 21.1 Å². The van der Waals surface area contributed by atoms with Crippen LogP contribution >= 0.6 is 11.6 Å². The molecule has 2 aromatic rings. The van der Waals surface area contributed by atoms with Crippen LogP contribution in [-0.4, -0.2) is 68.1 Å². The van der Waals surface area contributed by atoms with Gasteiger partial charge in [0.1, 0.15) is 17.1 Å². The van der Waals surface area contributed by atoms with Crippen molar-refractivity contribution in [1.29, 1.82) is 0 Å². The summed E-state index contributed by atoms with van der Waals surface area (Å²) in [6.45, 7) is 1.16. The quantitative estimate of drug-likeness (QED) is 0.296. The van der Waals surface area contributed by atoms with E-state index in [2.05, 4.69) is 15.3 Å². The van der Waals surface area contributed by atoms with Gasteiger partial charge in [-0.2, -0.15) is 9.19 Å². The number of aromatic nitrogens is 2. The largest absolute Gasteiger partial charge is 0.496 e. The number of nitrogens with two attached hydrogens (primary N) is 1. The molecule has 0 aliphatic carbocycles. The van der Waals surface area contributed by atoms with Crippen LogP contribution in [-0.2, 0) is 13.7 Å². The number of alkyl halides is 1. The minimum atomic E-state index is -3.17. The second kappa shape index (κ2) is 9.33. The number of halogens is 3.